The highest BCUT2D eigenvalue weighted by Crippen LogP contribution is 2.40. The summed E-state index contributed by atoms with van der Waals surface area (Å²) in [6, 6.07) is 53.3. The molecule has 0 fully saturated rings. The Bertz CT molecular complexity index is 3480. The molecule has 8 bridgehead atoms. The highest BCUT2D eigenvalue weighted by Gasteiger charge is 2.43. The van der Waals surface area contributed by atoms with Gasteiger partial charge in [0.1, 0.15) is 5.66 Å². The smallest absolute Gasteiger partial charge is 0.222 e. The molecule has 5 aromatic carbocycles. The minimum Gasteiger partial charge on any atom is -0.354 e. The van der Waals surface area contributed by atoms with E-state index >= 15 is 0 Å². The second-order valence-electron chi connectivity index (χ2n) is 17.7. The van der Waals surface area contributed by atoms with E-state index < -0.39 is 5.66 Å². The third-order valence-electron chi connectivity index (χ3n) is 13.2. The van der Waals surface area contributed by atoms with Gasteiger partial charge in [0.05, 0.1) is 34.4 Å². The number of carbonyl (C=O) groups is 1. The number of hydrogen-bond donors (Lipinski definition) is 4. The number of aromatic amines is 1. The molecule has 0 saturated carbocycles. The zero-order valence-corrected chi connectivity index (χ0v) is 38.8. The molecule has 5 N–H and O–H groups in total. The maximum atomic E-state index is 14.9. The number of allylic oxidation sites excluding steroid dienone is 4. The molecule has 0 radical (unpaired) electrons. The van der Waals surface area contributed by atoms with Crippen molar-refractivity contribution in [1.29, 1.82) is 0 Å². The molecule has 2 unspecified atom stereocenters. The SMILES string of the molecule is NCCCCc1cc(CCC(=O)NC23C=CC(N2)C(c2ccccc2)=C2C=CC(=N2)C(c2ccccc2)=c2ccc([nH]2)=C(c2ccccc2)C2=NC(=C3c3ccccc3)C=C2)nc2cc(Cl)ccc12. The molecule has 8 nitrogen and oxygen atoms in total. The average Bonchev–Trinajstić information content (AvgIpc) is 4.23. The molecule has 6 heterocycles. The van der Waals surface area contributed by atoms with Crippen LogP contribution in [-0.2, 0) is 17.6 Å². The fourth-order valence-electron chi connectivity index (χ4n) is 10.1. The van der Waals surface area contributed by atoms with E-state index in [1.54, 1.807) is 0 Å². The van der Waals surface area contributed by atoms with Gasteiger partial charge in [0, 0.05) is 55.5 Å². The molecule has 7 aromatic rings. The summed E-state index contributed by atoms with van der Waals surface area (Å²) in [6.07, 6.45) is 16.0. The summed E-state index contributed by atoms with van der Waals surface area (Å²) < 4.78 is 0. The molecular formula is C60H50ClN7O. The number of benzene rings is 5. The third kappa shape index (κ3) is 8.82. The highest BCUT2D eigenvalue weighted by atomic mass is 35.5. The van der Waals surface area contributed by atoms with E-state index in [2.05, 4.69) is 155 Å². The Balaban J connectivity index is 1.09. The normalized spacial score (nSPS) is 18.4. The Morgan fingerprint density at radius 1 is 0.652 bits per heavy atom. The number of rotatable bonds is 12. The lowest BCUT2D eigenvalue weighted by Gasteiger charge is -2.35. The Morgan fingerprint density at radius 2 is 1.25 bits per heavy atom. The number of nitrogens with zero attached hydrogens (tertiary/aromatic N) is 3. The van der Waals surface area contributed by atoms with Crippen LogP contribution in [-0.4, -0.2) is 45.5 Å². The van der Waals surface area contributed by atoms with Crippen molar-refractivity contribution >= 4 is 62.1 Å². The van der Waals surface area contributed by atoms with Gasteiger partial charge in [-0.15, -0.1) is 0 Å². The summed E-state index contributed by atoms with van der Waals surface area (Å²) in [4.78, 5) is 34.7. The van der Waals surface area contributed by atoms with Crippen molar-refractivity contribution in [3.8, 4) is 0 Å². The minimum absolute atomic E-state index is 0.146. The number of carbonyl (C=O) groups excluding carboxylic acids is 1. The maximum Gasteiger partial charge on any atom is 0.222 e. The fraction of sp³-hybridized carbons (Fsp3) is 0.133. The van der Waals surface area contributed by atoms with Crippen molar-refractivity contribution in [1.82, 2.24) is 20.6 Å². The van der Waals surface area contributed by atoms with Crippen molar-refractivity contribution in [3.63, 3.8) is 0 Å². The number of nitrogens with one attached hydrogen (secondary N) is 3. The number of aromatic nitrogens is 2. The van der Waals surface area contributed by atoms with Gasteiger partial charge in [-0.3, -0.25) is 15.1 Å². The number of H-pyrrole nitrogens is 1. The van der Waals surface area contributed by atoms with E-state index in [0.29, 0.717) is 18.0 Å². The lowest BCUT2D eigenvalue weighted by Crippen LogP contribution is -2.58. The first-order valence-electron chi connectivity index (χ1n) is 23.7. The molecule has 69 heavy (non-hydrogen) atoms. The van der Waals surface area contributed by atoms with Crippen LogP contribution in [0.2, 0.25) is 5.02 Å². The number of amides is 1. The summed E-state index contributed by atoms with van der Waals surface area (Å²) in [5.74, 6) is -0.146. The van der Waals surface area contributed by atoms with Crippen LogP contribution in [0.1, 0.15) is 52.8 Å². The van der Waals surface area contributed by atoms with Crippen LogP contribution in [0.25, 0.3) is 33.2 Å². The molecule has 9 heteroatoms. The summed E-state index contributed by atoms with van der Waals surface area (Å²) in [7, 11) is 0. The zero-order chi connectivity index (χ0) is 46.7. The number of aliphatic imine (C=N–C) groups is 2. The standard InChI is InChI=1S/C60H50ClN7O/c61-44-24-26-46-43(23-13-14-36-62)37-45(63-54(46)38-44)25-33-55(69)68-60-35-34-52(67-60)58(41-19-9-3-10-20-41)51-30-29-48(65-51)56(39-15-5-1-6-16-39)47-27-28-49(64-47)57(40-17-7-2-8-18-40)50-31-32-53(66-50)59(60)42-21-11-4-12-22-42/h1-12,15-22,24,26-32,34-35,37-38,52,64,67H,13-14,23,25,33,36,62H2,(H,68,69). The van der Waals surface area contributed by atoms with E-state index in [1.165, 1.54) is 5.56 Å². The average molecular weight is 921 g/mol. The topological polar surface area (TPSA) is 121 Å². The molecule has 11 rings (SSSR count). The molecule has 2 atom stereocenters. The summed E-state index contributed by atoms with van der Waals surface area (Å²) in [5.41, 5.74) is 18.4. The van der Waals surface area contributed by atoms with Crippen molar-refractivity contribution in [3.05, 3.63) is 255 Å². The summed E-state index contributed by atoms with van der Waals surface area (Å²) in [6.45, 7) is 0.638. The van der Waals surface area contributed by atoms with Crippen LogP contribution >= 0.6 is 11.6 Å². The second-order valence-corrected chi connectivity index (χ2v) is 18.2. The van der Waals surface area contributed by atoms with Gasteiger partial charge >= 0.3 is 0 Å². The van der Waals surface area contributed by atoms with Crippen LogP contribution in [0.3, 0.4) is 0 Å². The van der Waals surface area contributed by atoms with Gasteiger partial charge in [0.15, 0.2) is 0 Å². The summed E-state index contributed by atoms with van der Waals surface area (Å²) in [5, 5.41) is 11.1. The van der Waals surface area contributed by atoms with Crippen LogP contribution in [0, 0.1) is 0 Å². The molecule has 1 amide bonds. The molecule has 338 valence electrons. The van der Waals surface area contributed by atoms with Gasteiger partial charge in [-0.05, 0) is 121 Å². The van der Waals surface area contributed by atoms with E-state index in [1.807, 2.05) is 54.6 Å². The van der Waals surface area contributed by atoms with Gasteiger partial charge in [0.25, 0.3) is 0 Å². The first-order chi connectivity index (χ1) is 33.9. The van der Waals surface area contributed by atoms with Gasteiger partial charge in [0.2, 0.25) is 5.91 Å². The van der Waals surface area contributed by atoms with E-state index in [9.17, 15) is 4.79 Å². The van der Waals surface area contributed by atoms with E-state index in [0.717, 1.165) is 114 Å². The molecule has 0 spiro atoms. The predicted octanol–water partition coefficient (Wildman–Crippen LogP) is 9.73. The zero-order valence-electron chi connectivity index (χ0n) is 38.0. The Labute approximate surface area is 406 Å². The lowest BCUT2D eigenvalue weighted by atomic mass is 9.90. The number of pyridine rings is 1. The molecular weight excluding hydrogens is 870 g/mol. The van der Waals surface area contributed by atoms with Crippen LogP contribution in [0.5, 0.6) is 0 Å². The van der Waals surface area contributed by atoms with Crippen molar-refractivity contribution < 1.29 is 4.79 Å². The minimum atomic E-state index is -1.22. The van der Waals surface area contributed by atoms with Gasteiger partial charge in [-0.1, -0.05) is 145 Å². The van der Waals surface area contributed by atoms with Crippen molar-refractivity contribution in [2.45, 2.75) is 43.8 Å². The van der Waals surface area contributed by atoms with Crippen LogP contribution in [0.15, 0.2) is 216 Å². The molecule has 0 aliphatic carbocycles. The maximum absolute atomic E-state index is 14.9. The summed E-state index contributed by atoms with van der Waals surface area (Å²) >= 11 is 6.49. The predicted molar refractivity (Wildman–Crippen MR) is 282 cm³/mol. The van der Waals surface area contributed by atoms with Crippen molar-refractivity contribution in [2.75, 3.05) is 6.54 Å². The lowest BCUT2D eigenvalue weighted by molar-refractivity contribution is -0.122. The monoisotopic (exact) mass is 919 g/mol. The third-order valence-corrected chi connectivity index (χ3v) is 13.4. The number of fused-ring (bicyclic) bond motifs is 7. The van der Waals surface area contributed by atoms with Crippen LogP contribution in [0.4, 0.5) is 0 Å². The fourth-order valence-corrected chi connectivity index (χ4v) is 10.2. The Hall–Kier alpha value is -7.75. The second kappa shape index (κ2) is 19.1. The molecule has 4 aliphatic rings. The Morgan fingerprint density at radius 3 is 1.88 bits per heavy atom. The van der Waals surface area contributed by atoms with Crippen molar-refractivity contribution in [2.24, 2.45) is 15.7 Å². The number of hydrogen-bond acceptors (Lipinski definition) is 6. The number of halogens is 1. The first kappa shape index (κ1) is 43.8. The van der Waals surface area contributed by atoms with Gasteiger partial charge in [-0.2, -0.15) is 0 Å². The first-order valence-corrected chi connectivity index (χ1v) is 24.1. The number of aryl methyl sites for hydroxylation is 2. The van der Waals surface area contributed by atoms with Gasteiger partial charge in [-0.25, -0.2) is 9.98 Å². The molecule has 0 saturated heterocycles. The van der Waals surface area contributed by atoms with E-state index in [-0.39, 0.29) is 18.4 Å². The largest absolute Gasteiger partial charge is 0.354 e. The number of unbranched alkanes of at least 4 members (excludes halogenated alkanes) is 1. The van der Waals surface area contributed by atoms with E-state index in [4.69, 9.17) is 32.3 Å². The van der Waals surface area contributed by atoms with Gasteiger partial charge < -0.3 is 16.0 Å². The Kier molecular flexibility index (Phi) is 12.1. The number of nitrogens with two attached hydrogens (primary N) is 1. The molecule has 2 aromatic heterocycles. The van der Waals surface area contributed by atoms with Crippen LogP contribution < -0.4 is 27.1 Å². The quantitative estimate of drug-likeness (QED) is 0.0721. The molecule has 4 aliphatic heterocycles. The highest BCUT2D eigenvalue weighted by molar-refractivity contribution is 6.32.